The molecule has 0 aromatic carbocycles. The highest BCUT2D eigenvalue weighted by Gasteiger charge is 2.03. The minimum absolute atomic E-state index is 0.00616. The zero-order valence-electron chi connectivity index (χ0n) is 6.90. The van der Waals surface area contributed by atoms with Gasteiger partial charge in [-0.3, -0.25) is 4.79 Å². The van der Waals surface area contributed by atoms with Crippen LogP contribution in [0.25, 0.3) is 0 Å². The molecule has 2 N–H and O–H groups in total. The highest BCUT2D eigenvalue weighted by Crippen LogP contribution is 1.80. The largest absolute Gasteiger partial charge is 0.318 e. The van der Waals surface area contributed by atoms with E-state index in [1.54, 1.807) is 6.92 Å². The standard InChI is InChI=1S/C7H16N2O/c1-6(7(2)10)9-5-4-8-3/h6,8-9H,4-5H2,1-3H3/t6-/m1/s1. The van der Waals surface area contributed by atoms with Crippen LogP contribution in [0.4, 0.5) is 0 Å². The SMILES string of the molecule is CNCCN[C@H](C)C(C)=O. The van der Waals surface area contributed by atoms with Crippen LogP contribution in [0.3, 0.4) is 0 Å². The van der Waals surface area contributed by atoms with E-state index in [-0.39, 0.29) is 11.8 Å². The molecule has 0 fully saturated rings. The van der Waals surface area contributed by atoms with Crippen molar-refractivity contribution >= 4 is 5.78 Å². The molecule has 0 unspecified atom stereocenters. The van der Waals surface area contributed by atoms with Gasteiger partial charge in [0.15, 0.2) is 0 Å². The lowest BCUT2D eigenvalue weighted by Gasteiger charge is -2.08. The first-order chi connectivity index (χ1) is 4.68. The Balaban J connectivity index is 3.21. The highest BCUT2D eigenvalue weighted by molar-refractivity contribution is 5.80. The number of nitrogens with one attached hydrogen (secondary N) is 2. The molecular formula is C7H16N2O. The van der Waals surface area contributed by atoms with Crippen LogP contribution < -0.4 is 10.6 Å². The molecule has 0 bridgehead atoms. The number of Topliss-reactive ketones (excluding diaryl/α,β-unsaturated/α-hetero) is 1. The number of hydrogen-bond acceptors (Lipinski definition) is 3. The predicted octanol–water partition coefficient (Wildman–Crippen LogP) is -0.227. The molecule has 0 heterocycles. The minimum Gasteiger partial charge on any atom is -0.318 e. The van der Waals surface area contributed by atoms with Crippen LogP contribution in [0.1, 0.15) is 13.8 Å². The second kappa shape index (κ2) is 5.38. The maximum Gasteiger partial charge on any atom is 0.146 e. The van der Waals surface area contributed by atoms with Gasteiger partial charge in [0.2, 0.25) is 0 Å². The van der Waals surface area contributed by atoms with E-state index < -0.39 is 0 Å². The van der Waals surface area contributed by atoms with Crippen molar-refractivity contribution in [2.24, 2.45) is 0 Å². The summed E-state index contributed by atoms with van der Waals surface area (Å²) >= 11 is 0. The fraction of sp³-hybridized carbons (Fsp3) is 0.857. The van der Waals surface area contributed by atoms with E-state index in [0.717, 1.165) is 13.1 Å². The van der Waals surface area contributed by atoms with Gasteiger partial charge in [0.1, 0.15) is 5.78 Å². The van der Waals surface area contributed by atoms with Crippen LogP contribution >= 0.6 is 0 Å². The Morgan fingerprint density at radius 1 is 1.50 bits per heavy atom. The Labute approximate surface area is 62.2 Å². The zero-order chi connectivity index (χ0) is 7.98. The highest BCUT2D eigenvalue weighted by atomic mass is 16.1. The third-order valence-electron chi connectivity index (χ3n) is 1.44. The van der Waals surface area contributed by atoms with Crippen LogP contribution in [0, 0.1) is 0 Å². The Morgan fingerprint density at radius 3 is 2.50 bits per heavy atom. The summed E-state index contributed by atoms with van der Waals surface area (Å²) in [5.41, 5.74) is 0. The third-order valence-corrected chi connectivity index (χ3v) is 1.44. The number of hydrogen-bond donors (Lipinski definition) is 2. The maximum absolute atomic E-state index is 10.7. The number of rotatable bonds is 5. The van der Waals surface area contributed by atoms with E-state index in [1.807, 2.05) is 14.0 Å². The zero-order valence-corrected chi connectivity index (χ0v) is 6.90. The Morgan fingerprint density at radius 2 is 2.10 bits per heavy atom. The maximum atomic E-state index is 10.7. The number of likely N-dealkylation sites (N-methyl/N-ethyl adjacent to an activating group) is 1. The molecule has 3 nitrogen and oxygen atoms in total. The third kappa shape index (κ3) is 4.47. The van der Waals surface area contributed by atoms with E-state index in [1.165, 1.54) is 0 Å². The monoisotopic (exact) mass is 144 g/mol. The Kier molecular flexibility index (Phi) is 5.16. The average Bonchev–Trinajstić information content (AvgIpc) is 1.88. The molecule has 0 radical (unpaired) electrons. The molecule has 0 aliphatic carbocycles. The van der Waals surface area contributed by atoms with Crippen molar-refractivity contribution in [3.63, 3.8) is 0 Å². The smallest absolute Gasteiger partial charge is 0.146 e. The van der Waals surface area contributed by atoms with E-state index >= 15 is 0 Å². The van der Waals surface area contributed by atoms with Gasteiger partial charge in [0, 0.05) is 13.1 Å². The van der Waals surface area contributed by atoms with Crippen molar-refractivity contribution in [2.45, 2.75) is 19.9 Å². The predicted molar refractivity (Wildman–Crippen MR) is 42.1 cm³/mol. The summed E-state index contributed by atoms with van der Waals surface area (Å²) in [4.78, 5) is 10.7. The van der Waals surface area contributed by atoms with E-state index in [0.29, 0.717) is 0 Å². The van der Waals surface area contributed by atoms with Crippen LogP contribution in [0.15, 0.2) is 0 Å². The van der Waals surface area contributed by atoms with Gasteiger partial charge < -0.3 is 10.6 Å². The van der Waals surface area contributed by atoms with Gasteiger partial charge in [0.25, 0.3) is 0 Å². The van der Waals surface area contributed by atoms with Crippen molar-refractivity contribution in [3.8, 4) is 0 Å². The molecule has 0 aliphatic rings. The van der Waals surface area contributed by atoms with E-state index in [2.05, 4.69) is 10.6 Å². The fourth-order valence-electron chi connectivity index (χ4n) is 0.557. The lowest BCUT2D eigenvalue weighted by molar-refractivity contribution is -0.118. The van der Waals surface area contributed by atoms with Crippen LogP contribution in [0.5, 0.6) is 0 Å². The lowest BCUT2D eigenvalue weighted by atomic mass is 10.2. The van der Waals surface area contributed by atoms with E-state index in [4.69, 9.17) is 0 Å². The fourth-order valence-corrected chi connectivity index (χ4v) is 0.557. The van der Waals surface area contributed by atoms with E-state index in [9.17, 15) is 4.79 Å². The molecule has 0 aromatic heterocycles. The van der Waals surface area contributed by atoms with Gasteiger partial charge in [0.05, 0.1) is 6.04 Å². The molecule has 10 heavy (non-hydrogen) atoms. The van der Waals surface area contributed by atoms with Crippen LogP contribution in [-0.2, 0) is 4.79 Å². The van der Waals surface area contributed by atoms with Crippen molar-refractivity contribution in [1.82, 2.24) is 10.6 Å². The second-order valence-electron chi connectivity index (χ2n) is 2.39. The van der Waals surface area contributed by atoms with Gasteiger partial charge in [-0.15, -0.1) is 0 Å². The number of ketones is 1. The molecule has 0 saturated heterocycles. The molecule has 60 valence electrons. The lowest BCUT2D eigenvalue weighted by Crippen LogP contribution is -2.36. The molecule has 0 aliphatic heterocycles. The van der Waals surface area contributed by atoms with Gasteiger partial charge in [-0.1, -0.05) is 0 Å². The van der Waals surface area contributed by atoms with Gasteiger partial charge in [-0.2, -0.15) is 0 Å². The molecule has 0 amide bonds. The van der Waals surface area contributed by atoms with Gasteiger partial charge in [-0.05, 0) is 20.9 Å². The molecular weight excluding hydrogens is 128 g/mol. The molecule has 0 rings (SSSR count). The molecule has 0 spiro atoms. The Hall–Kier alpha value is -0.410. The van der Waals surface area contributed by atoms with Gasteiger partial charge in [-0.25, -0.2) is 0 Å². The summed E-state index contributed by atoms with van der Waals surface area (Å²) in [7, 11) is 1.89. The van der Waals surface area contributed by atoms with Gasteiger partial charge >= 0.3 is 0 Å². The minimum atomic E-state index is -0.00616. The molecule has 3 heteroatoms. The molecule has 0 aromatic rings. The van der Waals surface area contributed by atoms with Crippen molar-refractivity contribution in [2.75, 3.05) is 20.1 Å². The number of carbonyl (C=O) groups excluding carboxylic acids is 1. The normalized spacial score (nSPS) is 13.1. The quantitative estimate of drug-likeness (QED) is 0.524. The Bertz CT molecular complexity index is 104. The first kappa shape index (κ1) is 9.59. The van der Waals surface area contributed by atoms with Crippen LogP contribution in [0.2, 0.25) is 0 Å². The van der Waals surface area contributed by atoms with Crippen molar-refractivity contribution < 1.29 is 4.79 Å². The summed E-state index contributed by atoms with van der Waals surface area (Å²) in [6.07, 6.45) is 0. The summed E-state index contributed by atoms with van der Waals surface area (Å²) in [6.45, 7) is 5.21. The molecule has 0 saturated carbocycles. The average molecular weight is 144 g/mol. The summed E-state index contributed by atoms with van der Waals surface area (Å²) in [5.74, 6) is 0.191. The first-order valence-electron chi connectivity index (χ1n) is 3.57. The topological polar surface area (TPSA) is 41.1 Å². The summed E-state index contributed by atoms with van der Waals surface area (Å²) in [5, 5.41) is 6.06. The second-order valence-corrected chi connectivity index (χ2v) is 2.39. The summed E-state index contributed by atoms with van der Waals surface area (Å²) in [6, 6.07) is -0.00616. The molecule has 1 atom stereocenters. The first-order valence-corrected chi connectivity index (χ1v) is 3.57. The summed E-state index contributed by atoms with van der Waals surface area (Å²) < 4.78 is 0. The van der Waals surface area contributed by atoms with Crippen molar-refractivity contribution in [1.29, 1.82) is 0 Å². The van der Waals surface area contributed by atoms with Crippen LogP contribution in [-0.4, -0.2) is 32.0 Å². The van der Waals surface area contributed by atoms with Crippen molar-refractivity contribution in [3.05, 3.63) is 0 Å². The number of carbonyl (C=O) groups is 1.